The van der Waals surface area contributed by atoms with Gasteiger partial charge in [-0.25, -0.2) is 4.68 Å². The lowest BCUT2D eigenvalue weighted by atomic mass is 10.2. The number of ether oxygens (including phenoxy) is 1. The Balaban J connectivity index is 1.72. The van der Waals surface area contributed by atoms with E-state index in [1.807, 2.05) is 23.0 Å². The summed E-state index contributed by atoms with van der Waals surface area (Å²) in [4.78, 5) is 0. The molecule has 1 N–H and O–H groups in total. The molecule has 0 bridgehead atoms. The number of nitrogens with one attached hydrogen (secondary N) is 1. The zero-order chi connectivity index (χ0) is 13.8. The maximum atomic E-state index is 6.03. The first-order valence-electron chi connectivity index (χ1n) is 7.31. The molecule has 1 unspecified atom stereocenters. The number of benzene rings is 1. The molecule has 1 aliphatic heterocycles. The van der Waals surface area contributed by atoms with Gasteiger partial charge in [-0.05, 0) is 44.4 Å². The Hall–Kier alpha value is -1.81. The Kier molecular flexibility index (Phi) is 4.02. The van der Waals surface area contributed by atoms with Crippen molar-refractivity contribution in [3.8, 4) is 11.4 Å². The molecule has 1 aliphatic rings. The standard InChI is InChI=1S/C16H21N3O/c1-13-6-2-3-8-16(13)19-12-15(11-18-19)20-14-7-4-5-9-17-10-14/h2-3,6,8,11-12,14,17H,4-5,7,9-10H2,1H3. The minimum absolute atomic E-state index is 0.257. The summed E-state index contributed by atoms with van der Waals surface area (Å²) in [6, 6.07) is 8.22. The van der Waals surface area contributed by atoms with E-state index in [1.54, 1.807) is 6.20 Å². The average molecular weight is 271 g/mol. The number of aryl methyl sites for hydroxylation is 1. The highest BCUT2D eigenvalue weighted by molar-refractivity contribution is 5.40. The Morgan fingerprint density at radius 3 is 3.10 bits per heavy atom. The Morgan fingerprint density at radius 1 is 1.30 bits per heavy atom. The minimum atomic E-state index is 0.257. The van der Waals surface area contributed by atoms with Gasteiger partial charge < -0.3 is 10.1 Å². The van der Waals surface area contributed by atoms with Gasteiger partial charge in [-0.15, -0.1) is 0 Å². The summed E-state index contributed by atoms with van der Waals surface area (Å²) in [6.45, 7) is 4.12. The highest BCUT2D eigenvalue weighted by Gasteiger charge is 2.14. The number of hydrogen-bond donors (Lipinski definition) is 1. The van der Waals surface area contributed by atoms with E-state index in [0.29, 0.717) is 0 Å². The van der Waals surface area contributed by atoms with E-state index < -0.39 is 0 Å². The van der Waals surface area contributed by atoms with E-state index >= 15 is 0 Å². The molecule has 1 saturated heterocycles. The maximum absolute atomic E-state index is 6.03. The predicted molar refractivity (Wildman–Crippen MR) is 79.4 cm³/mol. The number of hydrogen-bond acceptors (Lipinski definition) is 3. The fourth-order valence-corrected chi connectivity index (χ4v) is 2.60. The minimum Gasteiger partial charge on any atom is -0.486 e. The second kappa shape index (κ2) is 6.09. The average Bonchev–Trinajstić information content (AvgIpc) is 2.75. The lowest BCUT2D eigenvalue weighted by Crippen LogP contribution is -2.29. The van der Waals surface area contributed by atoms with Crippen molar-refractivity contribution in [3.05, 3.63) is 42.2 Å². The molecular weight excluding hydrogens is 250 g/mol. The van der Waals surface area contributed by atoms with Gasteiger partial charge in [0.2, 0.25) is 0 Å². The van der Waals surface area contributed by atoms with Crippen LogP contribution in [0.25, 0.3) is 5.69 Å². The first kappa shape index (κ1) is 13.2. The molecular formula is C16H21N3O. The predicted octanol–water partition coefficient (Wildman–Crippen LogP) is 2.70. The summed E-state index contributed by atoms with van der Waals surface area (Å²) in [5.74, 6) is 0.849. The van der Waals surface area contributed by atoms with Gasteiger partial charge in [-0.2, -0.15) is 5.10 Å². The molecule has 1 fully saturated rings. The summed E-state index contributed by atoms with van der Waals surface area (Å²) in [5, 5.41) is 7.82. The third kappa shape index (κ3) is 3.02. The largest absolute Gasteiger partial charge is 0.486 e. The van der Waals surface area contributed by atoms with Crippen molar-refractivity contribution < 1.29 is 4.74 Å². The van der Waals surface area contributed by atoms with Crippen LogP contribution in [0.4, 0.5) is 0 Å². The topological polar surface area (TPSA) is 39.1 Å². The fourth-order valence-electron chi connectivity index (χ4n) is 2.60. The monoisotopic (exact) mass is 271 g/mol. The van der Waals surface area contributed by atoms with Crippen molar-refractivity contribution in [2.45, 2.75) is 32.3 Å². The van der Waals surface area contributed by atoms with Crippen molar-refractivity contribution in [1.82, 2.24) is 15.1 Å². The van der Waals surface area contributed by atoms with Crippen LogP contribution >= 0.6 is 0 Å². The van der Waals surface area contributed by atoms with Crippen LogP contribution in [0.3, 0.4) is 0 Å². The summed E-state index contributed by atoms with van der Waals surface area (Å²) in [5.41, 5.74) is 2.31. The SMILES string of the molecule is Cc1ccccc1-n1cc(OC2CCCCNC2)cn1. The van der Waals surface area contributed by atoms with Crippen LogP contribution in [0.15, 0.2) is 36.7 Å². The van der Waals surface area contributed by atoms with Gasteiger partial charge in [-0.3, -0.25) is 0 Å². The highest BCUT2D eigenvalue weighted by Crippen LogP contribution is 2.19. The van der Waals surface area contributed by atoms with Crippen LogP contribution in [-0.2, 0) is 0 Å². The second-order valence-corrected chi connectivity index (χ2v) is 5.35. The van der Waals surface area contributed by atoms with Gasteiger partial charge in [0.1, 0.15) is 6.10 Å². The molecule has 3 rings (SSSR count). The molecule has 4 heteroatoms. The van der Waals surface area contributed by atoms with Gasteiger partial charge >= 0.3 is 0 Å². The van der Waals surface area contributed by atoms with Crippen molar-refractivity contribution >= 4 is 0 Å². The van der Waals surface area contributed by atoms with Crippen LogP contribution in [0.1, 0.15) is 24.8 Å². The third-order valence-electron chi connectivity index (χ3n) is 3.73. The van der Waals surface area contributed by atoms with E-state index in [2.05, 4.69) is 29.5 Å². The zero-order valence-corrected chi connectivity index (χ0v) is 11.9. The van der Waals surface area contributed by atoms with Crippen LogP contribution < -0.4 is 10.1 Å². The number of rotatable bonds is 3. The molecule has 1 aromatic heterocycles. The fraction of sp³-hybridized carbons (Fsp3) is 0.438. The van der Waals surface area contributed by atoms with Gasteiger partial charge in [-0.1, -0.05) is 18.2 Å². The van der Waals surface area contributed by atoms with E-state index in [-0.39, 0.29) is 6.10 Å². The summed E-state index contributed by atoms with van der Waals surface area (Å²) in [6.07, 6.45) is 7.60. The normalized spacial score (nSPS) is 19.6. The van der Waals surface area contributed by atoms with Crippen molar-refractivity contribution in [3.63, 3.8) is 0 Å². The molecule has 0 amide bonds. The smallest absolute Gasteiger partial charge is 0.158 e. The first-order chi connectivity index (χ1) is 9.83. The Labute approximate surface area is 119 Å². The van der Waals surface area contributed by atoms with Crippen LogP contribution in [0, 0.1) is 6.92 Å². The maximum Gasteiger partial charge on any atom is 0.158 e. The summed E-state index contributed by atoms with van der Waals surface area (Å²) < 4.78 is 7.92. The molecule has 0 saturated carbocycles. The van der Waals surface area contributed by atoms with Crippen molar-refractivity contribution in [2.24, 2.45) is 0 Å². The lowest BCUT2D eigenvalue weighted by Gasteiger charge is -2.15. The molecule has 2 heterocycles. The van der Waals surface area contributed by atoms with Gasteiger partial charge in [0, 0.05) is 6.54 Å². The third-order valence-corrected chi connectivity index (χ3v) is 3.73. The molecule has 2 aromatic rings. The van der Waals surface area contributed by atoms with Gasteiger partial charge in [0.15, 0.2) is 5.75 Å². The number of para-hydroxylation sites is 1. The van der Waals surface area contributed by atoms with E-state index in [4.69, 9.17) is 4.74 Å². The molecule has 20 heavy (non-hydrogen) atoms. The number of aromatic nitrogens is 2. The Bertz CT molecular complexity index is 556. The van der Waals surface area contributed by atoms with Crippen molar-refractivity contribution in [1.29, 1.82) is 0 Å². The lowest BCUT2D eigenvalue weighted by molar-refractivity contribution is 0.194. The molecule has 4 nitrogen and oxygen atoms in total. The van der Waals surface area contributed by atoms with E-state index in [0.717, 1.165) is 30.9 Å². The first-order valence-corrected chi connectivity index (χ1v) is 7.31. The van der Waals surface area contributed by atoms with E-state index in [9.17, 15) is 0 Å². The van der Waals surface area contributed by atoms with E-state index in [1.165, 1.54) is 18.4 Å². The van der Waals surface area contributed by atoms with Crippen LogP contribution in [0.5, 0.6) is 5.75 Å². The molecule has 1 aromatic carbocycles. The molecule has 0 aliphatic carbocycles. The zero-order valence-electron chi connectivity index (χ0n) is 11.9. The summed E-state index contributed by atoms with van der Waals surface area (Å²) >= 11 is 0. The van der Waals surface area contributed by atoms with Gasteiger partial charge in [0.25, 0.3) is 0 Å². The molecule has 106 valence electrons. The highest BCUT2D eigenvalue weighted by atomic mass is 16.5. The molecule has 1 atom stereocenters. The van der Waals surface area contributed by atoms with Crippen LogP contribution in [-0.4, -0.2) is 29.0 Å². The van der Waals surface area contributed by atoms with Crippen molar-refractivity contribution in [2.75, 3.05) is 13.1 Å². The Morgan fingerprint density at radius 2 is 2.20 bits per heavy atom. The van der Waals surface area contributed by atoms with Gasteiger partial charge in [0.05, 0.1) is 18.1 Å². The molecule has 0 spiro atoms. The quantitative estimate of drug-likeness (QED) is 0.933. The second-order valence-electron chi connectivity index (χ2n) is 5.35. The number of nitrogens with zero attached hydrogens (tertiary/aromatic N) is 2. The van der Waals surface area contributed by atoms with Crippen LogP contribution in [0.2, 0.25) is 0 Å². The summed E-state index contributed by atoms with van der Waals surface area (Å²) in [7, 11) is 0. The molecule has 0 radical (unpaired) electrons.